The Morgan fingerprint density at radius 1 is 1.50 bits per heavy atom. The molecule has 0 radical (unpaired) electrons. The highest BCUT2D eigenvalue weighted by molar-refractivity contribution is 4.93. The summed E-state index contributed by atoms with van der Waals surface area (Å²) >= 11 is 0. The molecule has 0 amide bonds. The summed E-state index contributed by atoms with van der Waals surface area (Å²) in [7, 11) is 0. The number of H-pyrrole nitrogens is 1. The van der Waals surface area contributed by atoms with Crippen LogP contribution in [0.15, 0.2) is 33.5 Å². The highest BCUT2D eigenvalue weighted by atomic mass is 16.2. The van der Waals surface area contributed by atoms with Gasteiger partial charge in [-0.25, -0.2) is 4.79 Å². The van der Waals surface area contributed by atoms with Crippen molar-refractivity contribution in [2.75, 3.05) is 0 Å². The zero-order chi connectivity index (χ0) is 10.6. The molecule has 0 atom stereocenters. The van der Waals surface area contributed by atoms with Crippen molar-refractivity contribution in [1.29, 1.82) is 0 Å². The smallest absolute Gasteiger partial charge is 0.300 e. The molecule has 1 N–H and O–H groups in total. The number of allylic oxidation sites excluding steroid dienone is 2. The number of nitrogens with zero attached hydrogens (tertiary/aromatic N) is 1. The van der Waals surface area contributed by atoms with E-state index < -0.39 is 0 Å². The van der Waals surface area contributed by atoms with Crippen molar-refractivity contribution in [3.05, 3.63) is 44.8 Å². The third kappa shape index (κ3) is 3.05. The van der Waals surface area contributed by atoms with E-state index in [4.69, 9.17) is 0 Å². The third-order valence-corrected chi connectivity index (χ3v) is 1.82. The van der Waals surface area contributed by atoms with Crippen molar-refractivity contribution >= 4 is 0 Å². The Morgan fingerprint density at radius 3 is 2.79 bits per heavy atom. The average Bonchev–Trinajstić information content (AvgIpc) is 2.08. The number of aromatic nitrogens is 2. The van der Waals surface area contributed by atoms with Gasteiger partial charge in [0, 0.05) is 18.8 Å². The Labute approximate surface area is 81.9 Å². The van der Waals surface area contributed by atoms with E-state index in [-0.39, 0.29) is 11.2 Å². The lowest BCUT2D eigenvalue weighted by Crippen LogP contribution is -2.28. The molecule has 4 heteroatoms. The Hall–Kier alpha value is -1.58. The average molecular weight is 194 g/mol. The van der Waals surface area contributed by atoms with Crippen molar-refractivity contribution < 1.29 is 0 Å². The lowest BCUT2D eigenvalue weighted by molar-refractivity contribution is 0.653. The maximum absolute atomic E-state index is 11.2. The molecule has 4 nitrogen and oxygen atoms in total. The van der Waals surface area contributed by atoms with Crippen LogP contribution in [0.2, 0.25) is 0 Å². The Bertz CT molecular complexity index is 436. The minimum absolute atomic E-state index is 0.348. The topological polar surface area (TPSA) is 54.9 Å². The van der Waals surface area contributed by atoms with Gasteiger partial charge in [-0.1, -0.05) is 11.6 Å². The van der Waals surface area contributed by atoms with Crippen LogP contribution in [0.25, 0.3) is 0 Å². The summed E-state index contributed by atoms with van der Waals surface area (Å²) in [6, 6.07) is 1.35. The number of aryl methyl sites for hydroxylation is 1. The van der Waals surface area contributed by atoms with Gasteiger partial charge >= 0.3 is 5.69 Å². The van der Waals surface area contributed by atoms with Crippen LogP contribution in [0, 0.1) is 0 Å². The quantitative estimate of drug-likeness (QED) is 0.726. The number of hydrogen-bond donors (Lipinski definition) is 1. The van der Waals surface area contributed by atoms with E-state index in [1.165, 1.54) is 22.4 Å². The molecule has 1 aromatic heterocycles. The zero-order valence-electron chi connectivity index (χ0n) is 8.41. The molecule has 76 valence electrons. The van der Waals surface area contributed by atoms with Crippen LogP contribution < -0.4 is 11.2 Å². The highest BCUT2D eigenvalue weighted by Crippen LogP contribution is 1.93. The highest BCUT2D eigenvalue weighted by Gasteiger charge is 1.93. The summed E-state index contributed by atoms with van der Waals surface area (Å²) in [5, 5.41) is 0. The second kappa shape index (κ2) is 4.60. The zero-order valence-corrected chi connectivity index (χ0v) is 8.41. The van der Waals surface area contributed by atoms with E-state index in [0.29, 0.717) is 6.54 Å². The standard InChI is InChI=1S/C10H14N2O2/c1-8(2)4-3-6-12-7-5-9(13)11-10(12)14/h4-5,7H,3,6H2,1-2H3,(H,11,13,14). The van der Waals surface area contributed by atoms with E-state index in [0.717, 1.165) is 6.42 Å². The van der Waals surface area contributed by atoms with Crippen molar-refractivity contribution in [3.63, 3.8) is 0 Å². The Kier molecular flexibility index (Phi) is 3.45. The summed E-state index contributed by atoms with van der Waals surface area (Å²) in [6.45, 7) is 4.62. The molecule has 1 aromatic rings. The third-order valence-electron chi connectivity index (χ3n) is 1.82. The maximum atomic E-state index is 11.2. The van der Waals surface area contributed by atoms with Gasteiger partial charge in [-0.2, -0.15) is 0 Å². The molecular formula is C10H14N2O2. The van der Waals surface area contributed by atoms with E-state index >= 15 is 0 Å². The molecule has 0 bridgehead atoms. The second-order valence-corrected chi connectivity index (χ2v) is 3.37. The van der Waals surface area contributed by atoms with Crippen LogP contribution in [0.3, 0.4) is 0 Å². The normalized spacial score (nSPS) is 9.86. The first-order valence-corrected chi connectivity index (χ1v) is 4.53. The molecule has 0 unspecified atom stereocenters. The van der Waals surface area contributed by atoms with Crippen LogP contribution in [0.4, 0.5) is 0 Å². The van der Waals surface area contributed by atoms with E-state index in [1.54, 1.807) is 0 Å². The van der Waals surface area contributed by atoms with Crippen LogP contribution in [0.5, 0.6) is 0 Å². The largest absolute Gasteiger partial charge is 0.328 e. The number of aromatic amines is 1. The minimum atomic E-state index is -0.353. The molecule has 0 aromatic carbocycles. The summed E-state index contributed by atoms with van der Waals surface area (Å²) in [5.74, 6) is 0. The second-order valence-electron chi connectivity index (χ2n) is 3.37. The number of rotatable bonds is 3. The first-order chi connectivity index (χ1) is 6.59. The van der Waals surface area contributed by atoms with Crippen LogP contribution >= 0.6 is 0 Å². The van der Waals surface area contributed by atoms with Gasteiger partial charge in [0.2, 0.25) is 0 Å². The predicted molar refractivity (Wildman–Crippen MR) is 55.4 cm³/mol. The van der Waals surface area contributed by atoms with Crippen molar-refractivity contribution in [3.8, 4) is 0 Å². The summed E-state index contributed by atoms with van der Waals surface area (Å²) in [4.78, 5) is 24.2. The molecule has 0 saturated heterocycles. The van der Waals surface area contributed by atoms with Gasteiger partial charge in [-0.3, -0.25) is 9.78 Å². The van der Waals surface area contributed by atoms with Crippen LogP contribution in [-0.4, -0.2) is 9.55 Å². The Balaban J connectivity index is 2.74. The first kappa shape index (κ1) is 10.5. The van der Waals surface area contributed by atoms with E-state index in [9.17, 15) is 9.59 Å². The molecule has 0 aliphatic heterocycles. The van der Waals surface area contributed by atoms with Gasteiger partial charge in [0.15, 0.2) is 0 Å². The molecular weight excluding hydrogens is 180 g/mol. The van der Waals surface area contributed by atoms with Crippen LogP contribution in [-0.2, 0) is 6.54 Å². The van der Waals surface area contributed by atoms with Crippen molar-refractivity contribution in [2.24, 2.45) is 0 Å². The maximum Gasteiger partial charge on any atom is 0.328 e. The van der Waals surface area contributed by atoms with E-state index in [1.807, 2.05) is 13.8 Å². The lowest BCUT2D eigenvalue weighted by atomic mass is 10.3. The van der Waals surface area contributed by atoms with Gasteiger partial charge in [-0.15, -0.1) is 0 Å². The van der Waals surface area contributed by atoms with E-state index in [2.05, 4.69) is 11.1 Å². The summed E-state index contributed by atoms with van der Waals surface area (Å²) < 4.78 is 1.49. The molecule has 1 rings (SSSR count). The van der Waals surface area contributed by atoms with Crippen molar-refractivity contribution in [1.82, 2.24) is 9.55 Å². The van der Waals surface area contributed by atoms with Gasteiger partial charge in [0.1, 0.15) is 0 Å². The molecule has 0 aliphatic rings. The first-order valence-electron chi connectivity index (χ1n) is 4.53. The monoisotopic (exact) mass is 194 g/mol. The number of nitrogens with one attached hydrogen (secondary N) is 1. The fraction of sp³-hybridized carbons (Fsp3) is 0.400. The van der Waals surface area contributed by atoms with Gasteiger partial charge in [0.25, 0.3) is 5.56 Å². The van der Waals surface area contributed by atoms with Crippen molar-refractivity contribution in [2.45, 2.75) is 26.8 Å². The fourth-order valence-electron chi connectivity index (χ4n) is 1.11. The predicted octanol–water partition coefficient (Wildman–Crippen LogP) is 0.893. The number of hydrogen-bond acceptors (Lipinski definition) is 2. The molecule has 0 fully saturated rings. The van der Waals surface area contributed by atoms with Gasteiger partial charge in [0.05, 0.1) is 0 Å². The molecule has 0 saturated carbocycles. The fourth-order valence-corrected chi connectivity index (χ4v) is 1.11. The molecule has 0 spiro atoms. The SMILES string of the molecule is CC(C)=CCCn1ccc(=O)[nH]c1=O. The minimum Gasteiger partial charge on any atom is -0.300 e. The molecule has 14 heavy (non-hydrogen) atoms. The van der Waals surface area contributed by atoms with Gasteiger partial charge < -0.3 is 4.57 Å². The van der Waals surface area contributed by atoms with Crippen LogP contribution in [0.1, 0.15) is 20.3 Å². The molecule has 0 aliphatic carbocycles. The van der Waals surface area contributed by atoms with Gasteiger partial charge in [-0.05, 0) is 20.3 Å². The summed E-state index contributed by atoms with van der Waals surface area (Å²) in [5.41, 5.74) is 0.524. The lowest BCUT2D eigenvalue weighted by Gasteiger charge is -2.01. The molecule has 1 heterocycles. The summed E-state index contributed by atoms with van der Waals surface area (Å²) in [6.07, 6.45) is 4.37. The Morgan fingerprint density at radius 2 is 2.21 bits per heavy atom.